The van der Waals surface area contributed by atoms with Crippen molar-refractivity contribution in [2.24, 2.45) is 0 Å². The molecule has 0 saturated carbocycles. The van der Waals surface area contributed by atoms with Crippen LogP contribution in [0.1, 0.15) is 15.2 Å². The lowest BCUT2D eigenvalue weighted by molar-refractivity contribution is 0.104. The average molecular weight is 359 g/mol. The number of halogens is 1. The zero-order valence-electron chi connectivity index (χ0n) is 12.7. The van der Waals surface area contributed by atoms with E-state index in [1.54, 1.807) is 11.8 Å². The maximum absolute atomic E-state index is 13.0. The lowest BCUT2D eigenvalue weighted by Gasteiger charge is -2.03. The van der Waals surface area contributed by atoms with E-state index in [9.17, 15) is 9.18 Å². The van der Waals surface area contributed by atoms with Crippen molar-refractivity contribution in [3.05, 3.63) is 64.8 Å². The summed E-state index contributed by atoms with van der Waals surface area (Å²) in [4.78, 5) is 18.1. The van der Waals surface area contributed by atoms with Crippen molar-refractivity contribution in [1.29, 1.82) is 0 Å². The molecule has 1 aromatic heterocycles. The SMILES string of the molecule is CSc1cccc(Nc2nc(N)c(C(=O)c3ccc(F)cc3)s2)c1. The van der Waals surface area contributed by atoms with Gasteiger partial charge in [-0.1, -0.05) is 17.4 Å². The second-order valence-electron chi connectivity index (χ2n) is 4.93. The topological polar surface area (TPSA) is 68.0 Å². The summed E-state index contributed by atoms with van der Waals surface area (Å²) in [7, 11) is 0. The van der Waals surface area contributed by atoms with Crippen LogP contribution in [0.4, 0.5) is 21.0 Å². The van der Waals surface area contributed by atoms with E-state index in [1.807, 2.05) is 30.5 Å². The van der Waals surface area contributed by atoms with Gasteiger partial charge in [-0.05, 0) is 48.7 Å². The Morgan fingerprint density at radius 2 is 2.00 bits per heavy atom. The third kappa shape index (κ3) is 3.58. The van der Waals surface area contributed by atoms with Gasteiger partial charge in [-0.2, -0.15) is 0 Å². The third-order valence-electron chi connectivity index (χ3n) is 3.29. The number of benzene rings is 2. The molecule has 3 aromatic rings. The molecule has 0 aliphatic carbocycles. The Bertz CT molecular complexity index is 878. The van der Waals surface area contributed by atoms with Crippen LogP contribution in [0, 0.1) is 5.82 Å². The number of thioether (sulfide) groups is 1. The molecule has 0 atom stereocenters. The Balaban J connectivity index is 1.84. The first kappa shape index (κ1) is 16.5. The first-order chi connectivity index (χ1) is 11.6. The molecule has 0 unspecified atom stereocenters. The van der Waals surface area contributed by atoms with Gasteiger partial charge in [0.25, 0.3) is 0 Å². The largest absolute Gasteiger partial charge is 0.382 e. The maximum Gasteiger partial charge on any atom is 0.206 e. The summed E-state index contributed by atoms with van der Waals surface area (Å²) >= 11 is 2.82. The number of nitrogens with one attached hydrogen (secondary N) is 1. The summed E-state index contributed by atoms with van der Waals surface area (Å²) in [6.45, 7) is 0. The quantitative estimate of drug-likeness (QED) is 0.516. The Morgan fingerprint density at radius 3 is 2.71 bits per heavy atom. The average Bonchev–Trinajstić information content (AvgIpc) is 2.95. The van der Waals surface area contributed by atoms with Crippen molar-refractivity contribution in [2.45, 2.75) is 4.90 Å². The zero-order valence-corrected chi connectivity index (χ0v) is 14.4. The molecule has 24 heavy (non-hydrogen) atoms. The summed E-state index contributed by atoms with van der Waals surface area (Å²) in [6.07, 6.45) is 2.00. The highest BCUT2D eigenvalue weighted by Crippen LogP contribution is 2.30. The molecule has 0 saturated heterocycles. The van der Waals surface area contributed by atoms with E-state index in [0.29, 0.717) is 15.6 Å². The van der Waals surface area contributed by atoms with E-state index in [4.69, 9.17) is 5.73 Å². The molecular formula is C17H14FN3OS2. The molecule has 0 amide bonds. The second-order valence-corrected chi connectivity index (χ2v) is 6.81. The van der Waals surface area contributed by atoms with Crippen LogP contribution in [0.25, 0.3) is 0 Å². The van der Waals surface area contributed by atoms with Crippen molar-refractivity contribution in [2.75, 3.05) is 17.3 Å². The highest BCUT2D eigenvalue weighted by Gasteiger charge is 2.18. The number of carbonyl (C=O) groups excluding carboxylic acids is 1. The fourth-order valence-corrected chi connectivity index (χ4v) is 3.43. The van der Waals surface area contributed by atoms with Crippen molar-refractivity contribution < 1.29 is 9.18 Å². The van der Waals surface area contributed by atoms with Crippen LogP contribution in [0.5, 0.6) is 0 Å². The van der Waals surface area contributed by atoms with Gasteiger partial charge in [-0.15, -0.1) is 11.8 Å². The molecule has 1 heterocycles. The van der Waals surface area contributed by atoms with Crippen molar-refractivity contribution in [1.82, 2.24) is 4.98 Å². The molecule has 0 fully saturated rings. The van der Waals surface area contributed by atoms with Crippen LogP contribution >= 0.6 is 23.1 Å². The minimum Gasteiger partial charge on any atom is -0.382 e. The van der Waals surface area contributed by atoms with Gasteiger partial charge in [0.05, 0.1) is 0 Å². The molecule has 122 valence electrons. The number of ketones is 1. The first-order valence-electron chi connectivity index (χ1n) is 7.04. The predicted molar refractivity (Wildman–Crippen MR) is 97.9 cm³/mol. The van der Waals surface area contributed by atoms with Crippen LogP contribution in [0.15, 0.2) is 53.4 Å². The van der Waals surface area contributed by atoms with Crippen LogP contribution in [-0.4, -0.2) is 17.0 Å². The van der Waals surface area contributed by atoms with Crippen molar-refractivity contribution in [3.8, 4) is 0 Å². The van der Waals surface area contributed by atoms with Gasteiger partial charge in [-0.25, -0.2) is 9.37 Å². The first-order valence-corrected chi connectivity index (χ1v) is 9.08. The number of aromatic nitrogens is 1. The minimum absolute atomic E-state index is 0.165. The molecule has 3 rings (SSSR count). The Morgan fingerprint density at radius 1 is 1.25 bits per heavy atom. The second kappa shape index (κ2) is 7.02. The van der Waals surface area contributed by atoms with Crippen molar-refractivity contribution >= 4 is 45.5 Å². The molecular weight excluding hydrogens is 345 g/mol. The molecule has 2 aromatic carbocycles. The molecule has 0 aliphatic heterocycles. The smallest absolute Gasteiger partial charge is 0.206 e. The van der Waals surface area contributed by atoms with E-state index < -0.39 is 0 Å². The monoisotopic (exact) mass is 359 g/mol. The van der Waals surface area contributed by atoms with Gasteiger partial charge in [0.15, 0.2) is 5.13 Å². The fourth-order valence-electron chi connectivity index (χ4n) is 2.10. The number of nitrogens with two attached hydrogens (primary N) is 1. The highest BCUT2D eigenvalue weighted by atomic mass is 32.2. The van der Waals surface area contributed by atoms with E-state index >= 15 is 0 Å². The van der Waals surface area contributed by atoms with Crippen LogP contribution in [0.2, 0.25) is 0 Å². The Hall–Kier alpha value is -2.38. The molecule has 4 nitrogen and oxygen atoms in total. The Labute approximate surface area is 146 Å². The van der Waals surface area contributed by atoms with Gasteiger partial charge in [0.1, 0.15) is 16.5 Å². The molecule has 0 aliphatic rings. The zero-order chi connectivity index (χ0) is 17.1. The van der Waals surface area contributed by atoms with E-state index in [-0.39, 0.29) is 17.4 Å². The third-order valence-corrected chi connectivity index (χ3v) is 5.00. The van der Waals surface area contributed by atoms with Gasteiger partial charge in [0.2, 0.25) is 5.78 Å². The summed E-state index contributed by atoms with van der Waals surface area (Å²) < 4.78 is 13.0. The summed E-state index contributed by atoms with van der Waals surface area (Å²) in [6, 6.07) is 13.2. The number of rotatable bonds is 5. The van der Waals surface area contributed by atoms with E-state index in [2.05, 4.69) is 10.3 Å². The van der Waals surface area contributed by atoms with Gasteiger partial charge < -0.3 is 11.1 Å². The molecule has 7 heteroatoms. The van der Waals surface area contributed by atoms with Gasteiger partial charge >= 0.3 is 0 Å². The highest BCUT2D eigenvalue weighted by molar-refractivity contribution is 7.98. The maximum atomic E-state index is 13.0. The number of nitrogens with zero attached hydrogens (tertiary/aromatic N) is 1. The number of hydrogen-bond acceptors (Lipinski definition) is 6. The molecule has 0 radical (unpaired) electrons. The molecule has 0 bridgehead atoms. The lowest BCUT2D eigenvalue weighted by atomic mass is 10.1. The van der Waals surface area contributed by atoms with Gasteiger partial charge in [-0.3, -0.25) is 4.79 Å². The fraction of sp³-hybridized carbons (Fsp3) is 0.0588. The summed E-state index contributed by atoms with van der Waals surface area (Å²) in [5, 5.41) is 3.70. The molecule has 3 N–H and O–H groups in total. The van der Waals surface area contributed by atoms with E-state index in [1.165, 1.54) is 35.6 Å². The Kier molecular flexibility index (Phi) is 4.82. The number of nitrogen functional groups attached to an aromatic ring is 1. The van der Waals surface area contributed by atoms with Gasteiger partial charge in [0, 0.05) is 16.1 Å². The van der Waals surface area contributed by atoms with Crippen molar-refractivity contribution in [3.63, 3.8) is 0 Å². The van der Waals surface area contributed by atoms with Crippen LogP contribution < -0.4 is 11.1 Å². The molecule has 0 spiro atoms. The predicted octanol–water partition coefficient (Wildman–Crippen LogP) is 4.56. The number of hydrogen-bond donors (Lipinski definition) is 2. The standard InChI is InChI=1S/C17H14FN3OS2/c1-23-13-4-2-3-12(9-13)20-17-21-16(19)15(24-17)14(22)10-5-7-11(18)8-6-10/h2-9H,19H2,1H3,(H,20,21). The van der Waals surface area contributed by atoms with Crippen LogP contribution in [-0.2, 0) is 0 Å². The number of carbonyl (C=O) groups is 1. The van der Waals surface area contributed by atoms with E-state index in [0.717, 1.165) is 10.6 Å². The summed E-state index contributed by atoms with van der Waals surface area (Å²) in [5.74, 6) is -0.492. The van der Waals surface area contributed by atoms with Crippen LogP contribution in [0.3, 0.4) is 0 Å². The number of anilines is 3. The number of thiazole rings is 1. The normalized spacial score (nSPS) is 10.6. The summed E-state index contributed by atoms with van der Waals surface area (Å²) in [5.41, 5.74) is 7.13. The lowest BCUT2D eigenvalue weighted by Crippen LogP contribution is -2.02. The minimum atomic E-state index is -0.389.